The number of piperazine rings is 1. The Hall–Kier alpha value is -1.31. The Bertz CT molecular complexity index is 597. The Balaban J connectivity index is 2.03. The van der Waals surface area contributed by atoms with Gasteiger partial charge in [-0.2, -0.15) is 4.31 Å². The maximum Gasteiger partial charge on any atom is 0.320 e. The van der Waals surface area contributed by atoms with Gasteiger partial charge in [-0.1, -0.05) is 23.7 Å². The summed E-state index contributed by atoms with van der Waals surface area (Å²) in [6.45, 7) is 1.51. The number of carboxylic acid groups (broad SMARTS) is 1. The van der Waals surface area contributed by atoms with E-state index >= 15 is 0 Å². The van der Waals surface area contributed by atoms with Gasteiger partial charge in [-0.15, -0.1) is 0 Å². The van der Waals surface area contributed by atoms with Crippen molar-refractivity contribution in [3.8, 4) is 0 Å². The van der Waals surface area contributed by atoms with Gasteiger partial charge >= 0.3 is 5.97 Å². The number of sulfonamides is 1. The molecule has 0 aliphatic carbocycles. The maximum atomic E-state index is 11.8. The first-order valence-corrected chi connectivity index (χ1v) is 8.08. The van der Waals surface area contributed by atoms with Crippen LogP contribution in [0.5, 0.6) is 0 Å². The van der Waals surface area contributed by atoms with E-state index in [1.807, 2.05) is 23.1 Å². The SMILES string of the molecule is O=C(O)CS(=O)(=O)N1CCN(c2ccccc2Cl)CC1. The molecule has 0 bridgehead atoms. The van der Waals surface area contributed by atoms with E-state index in [0.29, 0.717) is 18.1 Å². The van der Waals surface area contributed by atoms with Gasteiger partial charge in [0.2, 0.25) is 10.0 Å². The van der Waals surface area contributed by atoms with Crippen LogP contribution in [0.3, 0.4) is 0 Å². The van der Waals surface area contributed by atoms with Crippen LogP contribution in [0.4, 0.5) is 5.69 Å². The van der Waals surface area contributed by atoms with E-state index in [4.69, 9.17) is 16.7 Å². The molecule has 1 aliphatic rings. The van der Waals surface area contributed by atoms with Crippen LogP contribution < -0.4 is 4.90 Å². The molecule has 6 nitrogen and oxygen atoms in total. The number of aliphatic carboxylic acids is 1. The summed E-state index contributed by atoms with van der Waals surface area (Å²) in [6.07, 6.45) is 0. The molecule has 0 aromatic heterocycles. The third kappa shape index (κ3) is 3.41. The number of para-hydroxylation sites is 1. The first-order chi connectivity index (χ1) is 9.40. The lowest BCUT2D eigenvalue weighted by atomic mass is 10.2. The van der Waals surface area contributed by atoms with Gasteiger partial charge in [0.1, 0.15) is 0 Å². The molecule has 0 spiro atoms. The Kier molecular flexibility index (Phi) is 4.52. The highest BCUT2D eigenvalue weighted by atomic mass is 35.5. The predicted molar refractivity (Wildman–Crippen MR) is 76.7 cm³/mol. The third-order valence-corrected chi connectivity index (χ3v) is 5.21. The fourth-order valence-corrected chi connectivity index (χ4v) is 3.63. The molecule has 8 heteroatoms. The Labute approximate surface area is 122 Å². The van der Waals surface area contributed by atoms with Crippen molar-refractivity contribution in [2.75, 3.05) is 36.8 Å². The minimum Gasteiger partial charge on any atom is -0.480 e. The standard InChI is InChI=1S/C12H15ClN2O4S/c13-10-3-1-2-4-11(10)14-5-7-15(8-6-14)20(18,19)9-12(16)17/h1-4H,5-9H2,(H,16,17). The molecule has 1 aromatic rings. The zero-order valence-electron chi connectivity index (χ0n) is 10.7. The average Bonchev–Trinajstić information content (AvgIpc) is 2.38. The van der Waals surface area contributed by atoms with Crippen LogP contribution in [-0.2, 0) is 14.8 Å². The monoisotopic (exact) mass is 318 g/mol. The molecule has 0 saturated carbocycles. The summed E-state index contributed by atoms with van der Waals surface area (Å²) >= 11 is 6.10. The highest BCUT2D eigenvalue weighted by Gasteiger charge is 2.29. The van der Waals surface area contributed by atoms with Crippen LogP contribution >= 0.6 is 11.6 Å². The molecule has 1 N–H and O–H groups in total. The normalized spacial score (nSPS) is 17.1. The minimum absolute atomic E-state index is 0.265. The number of hydrogen-bond acceptors (Lipinski definition) is 4. The minimum atomic E-state index is -3.72. The van der Waals surface area contributed by atoms with Gasteiger partial charge < -0.3 is 10.0 Å². The molecule has 0 atom stereocenters. The summed E-state index contributed by atoms with van der Waals surface area (Å²) in [5, 5.41) is 9.23. The van der Waals surface area contributed by atoms with Crippen LogP contribution in [0, 0.1) is 0 Å². The van der Waals surface area contributed by atoms with E-state index in [1.165, 1.54) is 4.31 Å². The van der Waals surface area contributed by atoms with Crippen LogP contribution in [0.25, 0.3) is 0 Å². The van der Waals surface area contributed by atoms with Crippen LogP contribution in [-0.4, -0.2) is 55.7 Å². The highest BCUT2D eigenvalue weighted by Crippen LogP contribution is 2.26. The summed E-state index contributed by atoms with van der Waals surface area (Å²) in [5.74, 6) is -2.20. The smallest absolute Gasteiger partial charge is 0.320 e. The van der Waals surface area contributed by atoms with Gasteiger partial charge in [0, 0.05) is 26.2 Å². The lowest BCUT2D eigenvalue weighted by Gasteiger charge is -2.35. The number of carboxylic acids is 1. The van der Waals surface area contributed by atoms with Crippen molar-refractivity contribution in [1.29, 1.82) is 0 Å². The van der Waals surface area contributed by atoms with Crippen molar-refractivity contribution < 1.29 is 18.3 Å². The molecule has 110 valence electrons. The summed E-state index contributed by atoms with van der Waals surface area (Å²) in [7, 11) is -3.72. The van der Waals surface area contributed by atoms with E-state index < -0.39 is 21.7 Å². The lowest BCUT2D eigenvalue weighted by molar-refractivity contribution is -0.134. The maximum absolute atomic E-state index is 11.8. The van der Waals surface area contributed by atoms with Crippen molar-refractivity contribution in [1.82, 2.24) is 4.31 Å². The molecule has 0 unspecified atom stereocenters. The summed E-state index contributed by atoms with van der Waals surface area (Å²) in [4.78, 5) is 12.5. The molecule has 2 rings (SSSR count). The van der Waals surface area contributed by atoms with Crippen molar-refractivity contribution in [3.63, 3.8) is 0 Å². The quantitative estimate of drug-likeness (QED) is 0.891. The molecule has 20 heavy (non-hydrogen) atoms. The number of benzene rings is 1. The number of halogens is 1. The van der Waals surface area contributed by atoms with Gasteiger partial charge in [0.25, 0.3) is 0 Å². The summed E-state index contributed by atoms with van der Waals surface area (Å²) < 4.78 is 24.8. The van der Waals surface area contributed by atoms with Crippen LogP contribution in [0.15, 0.2) is 24.3 Å². The number of hydrogen-bond donors (Lipinski definition) is 1. The topological polar surface area (TPSA) is 77.9 Å². The molecule has 1 aromatic carbocycles. The number of nitrogens with zero attached hydrogens (tertiary/aromatic N) is 2. The molecule has 1 fully saturated rings. The summed E-state index contributed by atoms with van der Waals surface area (Å²) in [6, 6.07) is 7.36. The molecule has 0 radical (unpaired) electrons. The third-order valence-electron chi connectivity index (χ3n) is 3.13. The second-order valence-electron chi connectivity index (χ2n) is 4.49. The molecule has 1 saturated heterocycles. The van der Waals surface area contributed by atoms with Gasteiger partial charge in [-0.05, 0) is 12.1 Å². The second-order valence-corrected chi connectivity index (χ2v) is 6.86. The largest absolute Gasteiger partial charge is 0.480 e. The van der Waals surface area contributed by atoms with Crippen molar-refractivity contribution in [2.24, 2.45) is 0 Å². The Morgan fingerprint density at radius 2 is 1.80 bits per heavy atom. The zero-order valence-corrected chi connectivity index (χ0v) is 12.3. The average molecular weight is 319 g/mol. The fraction of sp³-hybridized carbons (Fsp3) is 0.417. The molecule has 1 aliphatic heterocycles. The zero-order chi connectivity index (χ0) is 14.8. The molecular formula is C12H15ClN2O4S. The summed E-state index contributed by atoms with van der Waals surface area (Å²) in [5.41, 5.74) is 0.865. The van der Waals surface area contributed by atoms with Crippen molar-refractivity contribution in [3.05, 3.63) is 29.3 Å². The van der Waals surface area contributed by atoms with Crippen molar-refractivity contribution in [2.45, 2.75) is 0 Å². The Morgan fingerprint density at radius 3 is 2.35 bits per heavy atom. The van der Waals surface area contributed by atoms with Gasteiger partial charge in [0.05, 0.1) is 10.7 Å². The molecular weight excluding hydrogens is 304 g/mol. The van der Waals surface area contributed by atoms with Crippen LogP contribution in [0.2, 0.25) is 5.02 Å². The van der Waals surface area contributed by atoms with E-state index in [0.717, 1.165) is 5.69 Å². The Morgan fingerprint density at radius 1 is 1.20 bits per heavy atom. The first-order valence-electron chi connectivity index (χ1n) is 6.09. The predicted octanol–water partition coefficient (Wildman–Crippen LogP) is 0.876. The van der Waals surface area contributed by atoms with E-state index in [9.17, 15) is 13.2 Å². The molecule has 0 amide bonds. The van der Waals surface area contributed by atoms with E-state index in [1.54, 1.807) is 6.07 Å². The highest BCUT2D eigenvalue weighted by molar-refractivity contribution is 7.89. The van der Waals surface area contributed by atoms with Gasteiger partial charge in [0.15, 0.2) is 5.75 Å². The number of carbonyl (C=O) groups is 1. The fourth-order valence-electron chi connectivity index (χ4n) is 2.16. The van der Waals surface area contributed by atoms with Gasteiger partial charge in [-0.3, -0.25) is 4.79 Å². The lowest BCUT2D eigenvalue weighted by Crippen LogP contribution is -2.50. The second kappa shape index (κ2) is 5.99. The first kappa shape index (κ1) is 15.1. The van der Waals surface area contributed by atoms with Gasteiger partial charge in [-0.25, -0.2) is 8.42 Å². The van der Waals surface area contributed by atoms with E-state index in [2.05, 4.69) is 0 Å². The van der Waals surface area contributed by atoms with E-state index in [-0.39, 0.29) is 13.1 Å². The number of anilines is 1. The molecule has 1 heterocycles. The van der Waals surface area contributed by atoms with Crippen LogP contribution in [0.1, 0.15) is 0 Å². The number of rotatable bonds is 4. The van der Waals surface area contributed by atoms with Crippen molar-refractivity contribution >= 4 is 33.3 Å².